The summed E-state index contributed by atoms with van der Waals surface area (Å²) in [5.74, 6) is 0.0617. The number of nitrogens with two attached hydrogens (primary N) is 1. The Kier molecular flexibility index (Phi) is 5.89. The first-order chi connectivity index (χ1) is 8.16. The third-order valence-corrected chi connectivity index (χ3v) is 3.33. The van der Waals surface area contributed by atoms with Crippen LogP contribution < -0.4 is 10.5 Å². The van der Waals surface area contributed by atoms with E-state index in [-0.39, 0.29) is 30.4 Å². The second kappa shape index (κ2) is 6.95. The molecule has 1 saturated carbocycles. The van der Waals surface area contributed by atoms with Crippen LogP contribution in [0.15, 0.2) is 18.2 Å². The first-order valence-corrected chi connectivity index (χ1v) is 6.38. The lowest BCUT2D eigenvalue weighted by Crippen LogP contribution is -2.20. The lowest BCUT2D eigenvalue weighted by atomic mass is 9.98. The Morgan fingerprint density at radius 3 is 2.50 bits per heavy atom. The minimum Gasteiger partial charge on any atom is -0.487 e. The molecule has 1 aromatic carbocycles. The van der Waals surface area contributed by atoms with Crippen LogP contribution in [0.25, 0.3) is 0 Å². The molecule has 0 bridgehead atoms. The molecule has 1 aliphatic rings. The number of halogens is 2. The van der Waals surface area contributed by atoms with Crippen LogP contribution in [0.2, 0.25) is 0 Å². The molecule has 1 atom stereocenters. The van der Waals surface area contributed by atoms with E-state index in [1.54, 1.807) is 6.07 Å². The molecule has 0 radical (unpaired) electrons. The monoisotopic (exact) mass is 273 g/mol. The van der Waals surface area contributed by atoms with E-state index in [9.17, 15) is 4.39 Å². The number of rotatable bonds is 3. The summed E-state index contributed by atoms with van der Waals surface area (Å²) in [7, 11) is 0. The summed E-state index contributed by atoms with van der Waals surface area (Å²) in [6, 6.07) is 4.87. The Morgan fingerprint density at radius 2 is 1.94 bits per heavy atom. The van der Waals surface area contributed by atoms with Crippen molar-refractivity contribution in [3.63, 3.8) is 0 Å². The van der Waals surface area contributed by atoms with Crippen LogP contribution in [0.3, 0.4) is 0 Å². The molecule has 0 aromatic heterocycles. The smallest absolute Gasteiger partial charge is 0.165 e. The Balaban J connectivity index is 0.00000162. The van der Waals surface area contributed by atoms with E-state index in [0.717, 1.165) is 18.4 Å². The van der Waals surface area contributed by atoms with E-state index < -0.39 is 0 Å². The van der Waals surface area contributed by atoms with Crippen molar-refractivity contribution in [2.45, 2.75) is 51.2 Å². The van der Waals surface area contributed by atoms with E-state index in [2.05, 4.69) is 0 Å². The van der Waals surface area contributed by atoms with Crippen LogP contribution in [0.4, 0.5) is 4.39 Å². The average Bonchev–Trinajstić information content (AvgIpc) is 2.33. The fourth-order valence-corrected chi connectivity index (χ4v) is 2.26. The van der Waals surface area contributed by atoms with Gasteiger partial charge in [-0.25, -0.2) is 4.39 Å². The molecule has 4 heteroatoms. The molecular formula is C14H21ClFNO. The van der Waals surface area contributed by atoms with Crippen LogP contribution in [0.1, 0.15) is 50.6 Å². The molecular weight excluding hydrogens is 253 g/mol. The highest BCUT2D eigenvalue weighted by atomic mass is 35.5. The maximum Gasteiger partial charge on any atom is 0.165 e. The van der Waals surface area contributed by atoms with Gasteiger partial charge in [0.25, 0.3) is 0 Å². The molecule has 2 nitrogen and oxygen atoms in total. The maximum atomic E-state index is 13.8. The lowest BCUT2D eigenvalue weighted by Gasteiger charge is -2.23. The highest BCUT2D eigenvalue weighted by Gasteiger charge is 2.17. The normalized spacial score (nSPS) is 17.9. The summed E-state index contributed by atoms with van der Waals surface area (Å²) in [6.07, 6.45) is 5.89. The zero-order valence-corrected chi connectivity index (χ0v) is 11.5. The van der Waals surface area contributed by atoms with Gasteiger partial charge in [-0.15, -0.1) is 12.4 Å². The topological polar surface area (TPSA) is 35.2 Å². The average molecular weight is 274 g/mol. The van der Waals surface area contributed by atoms with Crippen LogP contribution in [0.5, 0.6) is 5.75 Å². The van der Waals surface area contributed by atoms with Gasteiger partial charge in [0, 0.05) is 6.04 Å². The van der Waals surface area contributed by atoms with Gasteiger partial charge in [-0.3, -0.25) is 0 Å². The van der Waals surface area contributed by atoms with E-state index in [0.29, 0.717) is 5.75 Å². The molecule has 0 heterocycles. The van der Waals surface area contributed by atoms with Gasteiger partial charge in [0.1, 0.15) is 0 Å². The number of benzene rings is 1. The minimum atomic E-state index is -0.301. The van der Waals surface area contributed by atoms with Crippen molar-refractivity contribution < 1.29 is 9.13 Å². The number of hydrogen-bond acceptors (Lipinski definition) is 2. The van der Waals surface area contributed by atoms with Crippen LogP contribution >= 0.6 is 12.4 Å². The molecule has 0 aliphatic heterocycles. The molecule has 0 amide bonds. The summed E-state index contributed by atoms with van der Waals surface area (Å²) < 4.78 is 19.5. The Labute approximate surface area is 114 Å². The quantitative estimate of drug-likeness (QED) is 0.904. The second-order valence-electron chi connectivity index (χ2n) is 4.86. The van der Waals surface area contributed by atoms with Gasteiger partial charge in [-0.05, 0) is 50.3 Å². The van der Waals surface area contributed by atoms with Crippen molar-refractivity contribution in [1.82, 2.24) is 0 Å². The Hall–Kier alpha value is -0.800. The van der Waals surface area contributed by atoms with Crippen molar-refractivity contribution in [1.29, 1.82) is 0 Å². The standard InChI is InChI=1S/C14H20FNO.ClH/c1-10(16)11-7-8-14(13(15)9-11)17-12-5-3-2-4-6-12;/h7-10,12H,2-6,16H2,1H3;1H. The summed E-state index contributed by atoms with van der Waals surface area (Å²) in [5.41, 5.74) is 6.51. The van der Waals surface area contributed by atoms with Gasteiger partial charge >= 0.3 is 0 Å². The van der Waals surface area contributed by atoms with E-state index in [1.165, 1.54) is 25.3 Å². The van der Waals surface area contributed by atoms with Crippen molar-refractivity contribution >= 4 is 12.4 Å². The number of ether oxygens (including phenoxy) is 1. The summed E-state index contributed by atoms with van der Waals surface area (Å²) in [6.45, 7) is 1.84. The minimum absolute atomic E-state index is 0. The highest BCUT2D eigenvalue weighted by Crippen LogP contribution is 2.26. The molecule has 102 valence electrons. The highest BCUT2D eigenvalue weighted by molar-refractivity contribution is 5.85. The van der Waals surface area contributed by atoms with Gasteiger partial charge in [0.05, 0.1) is 6.10 Å². The molecule has 1 aliphatic carbocycles. The fraction of sp³-hybridized carbons (Fsp3) is 0.571. The molecule has 1 aromatic rings. The van der Waals surface area contributed by atoms with E-state index >= 15 is 0 Å². The molecule has 2 N–H and O–H groups in total. The van der Waals surface area contributed by atoms with Crippen molar-refractivity contribution in [2.75, 3.05) is 0 Å². The van der Waals surface area contributed by atoms with E-state index in [1.807, 2.05) is 13.0 Å². The molecule has 1 unspecified atom stereocenters. The number of hydrogen-bond donors (Lipinski definition) is 1. The molecule has 1 fully saturated rings. The SMILES string of the molecule is CC(N)c1ccc(OC2CCCCC2)c(F)c1.Cl. The lowest BCUT2D eigenvalue weighted by molar-refractivity contribution is 0.148. The molecule has 18 heavy (non-hydrogen) atoms. The van der Waals surface area contributed by atoms with Gasteiger partial charge in [0.2, 0.25) is 0 Å². The van der Waals surface area contributed by atoms with Gasteiger partial charge in [-0.2, -0.15) is 0 Å². The van der Waals surface area contributed by atoms with Crippen LogP contribution in [-0.2, 0) is 0 Å². The fourth-order valence-electron chi connectivity index (χ4n) is 2.26. The summed E-state index contributed by atoms with van der Waals surface area (Å²) >= 11 is 0. The molecule has 0 saturated heterocycles. The zero-order valence-electron chi connectivity index (χ0n) is 10.7. The molecule has 2 rings (SSSR count). The van der Waals surface area contributed by atoms with Crippen LogP contribution in [-0.4, -0.2) is 6.10 Å². The third-order valence-electron chi connectivity index (χ3n) is 3.33. The van der Waals surface area contributed by atoms with Gasteiger partial charge < -0.3 is 10.5 Å². The predicted molar refractivity (Wildman–Crippen MR) is 73.8 cm³/mol. The van der Waals surface area contributed by atoms with Crippen molar-refractivity contribution in [3.8, 4) is 5.75 Å². The van der Waals surface area contributed by atoms with E-state index in [4.69, 9.17) is 10.5 Å². The second-order valence-corrected chi connectivity index (χ2v) is 4.86. The summed E-state index contributed by atoms with van der Waals surface area (Å²) in [4.78, 5) is 0. The van der Waals surface area contributed by atoms with Crippen LogP contribution in [0, 0.1) is 5.82 Å². The van der Waals surface area contributed by atoms with Crippen molar-refractivity contribution in [2.24, 2.45) is 5.73 Å². The first-order valence-electron chi connectivity index (χ1n) is 6.38. The Bertz CT molecular complexity index is 378. The summed E-state index contributed by atoms with van der Waals surface area (Å²) in [5, 5.41) is 0. The van der Waals surface area contributed by atoms with Gasteiger partial charge in [0.15, 0.2) is 11.6 Å². The largest absolute Gasteiger partial charge is 0.487 e. The zero-order chi connectivity index (χ0) is 12.3. The first kappa shape index (κ1) is 15.3. The predicted octanol–water partition coefficient (Wildman–Crippen LogP) is 3.98. The maximum absolute atomic E-state index is 13.8. The molecule has 0 spiro atoms. The van der Waals surface area contributed by atoms with Crippen molar-refractivity contribution in [3.05, 3.63) is 29.6 Å². The Morgan fingerprint density at radius 1 is 1.28 bits per heavy atom. The van der Waals surface area contributed by atoms with Gasteiger partial charge in [-0.1, -0.05) is 12.5 Å². The third kappa shape index (κ3) is 3.85.